The van der Waals surface area contributed by atoms with Crippen molar-refractivity contribution in [1.82, 2.24) is 24.6 Å². The molecule has 2 saturated heterocycles. The van der Waals surface area contributed by atoms with Crippen molar-refractivity contribution in [2.75, 3.05) is 26.2 Å². The Balaban J connectivity index is 1.56. The van der Waals surface area contributed by atoms with Crippen molar-refractivity contribution in [3.63, 3.8) is 0 Å². The van der Waals surface area contributed by atoms with E-state index in [1.165, 1.54) is 31.0 Å². The van der Waals surface area contributed by atoms with Crippen molar-refractivity contribution in [2.24, 2.45) is 0 Å². The summed E-state index contributed by atoms with van der Waals surface area (Å²) in [4.78, 5) is 17.2. The van der Waals surface area contributed by atoms with Gasteiger partial charge in [-0.15, -0.1) is 10.2 Å². The number of piperidine rings is 1. The first-order valence-corrected chi connectivity index (χ1v) is 11.3. The molecule has 150 valence electrons. The molecule has 2 fully saturated rings. The SMILES string of the molecule is CC(Sc1nnc(CN2CCCCC2)n1-c1ccccc1)C(=O)N1CCCC1. The van der Waals surface area contributed by atoms with E-state index in [2.05, 4.69) is 31.8 Å². The van der Waals surface area contributed by atoms with Gasteiger partial charge in [-0.05, 0) is 57.8 Å². The van der Waals surface area contributed by atoms with E-state index in [1.54, 1.807) is 0 Å². The van der Waals surface area contributed by atoms with Gasteiger partial charge in [-0.1, -0.05) is 36.4 Å². The fourth-order valence-electron chi connectivity index (χ4n) is 4.04. The van der Waals surface area contributed by atoms with Gasteiger partial charge in [-0.2, -0.15) is 0 Å². The highest BCUT2D eigenvalue weighted by atomic mass is 32.2. The highest BCUT2D eigenvalue weighted by Crippen LogP contribution is 2.28. The second-order valence-corrected chi connectivity index (χ2v) is 9.01. The summed E-state index contributed by atoms with van der Waals surface area (Å²) < 4.78 is 2.13. The molecule has 2 aliphatic heterocycles. The van der Waals surface area contributed by atoms with Crippen LogP contribution in [0.25, 0.3) is 5.69 Å². The molecule has 2 aromatic rings. The van der Waals surface area contributed by atoms with Crippen molar-refractivity contribution >= 4 is 17.7 Å². The molecule has 0 saturated carbocycles. The molecule has 1 aromatic carbocycles. The van der Waals surface area contributed by atoms with E-state index < -0.39 is 0 Å². The fraction of sp³-hybridized carbons (Fsp3) is 0.571. The Morgan fingerprint density at radius 2 is 1.68 bits per heavy atom. The summed E-state index contributed by atoms with van der Waals surface area (Å²) in [6, 6.07) is 10.3. The molecular weight excluding hydrogens is 370 g/mol. The summed E-state index contributed by atoms with van der Waals surface area (Å²) >= 11 is 1.52. The Morgan fingerprint density at radius 3 is 2.39 bits per heavy atom. The van der Waals surface area contributed by atoms with Crippen LogP contribution in [0.4, 0.5) is 0 Å². The van der Waals surface area contributed by atoms with Gasteiger partial charge in [-0.3, -0.25) is 14.3 Å². The molecule has 2 aliphatic rings. The van der Waals surface area contributed by atoms with Gasteiger partial charge in [0.1, 0.15) is 0 Å². The third-order valence-corrected chi connectivity index (χ3v) is 6.61. The standard InChI is InChI=1S/C21H29N5OS/c1-17(20(27)25-14-8-9-15-25)28-21-23-22-19(16-24-12-6-3-7-13-24)26(21)18-10-4-2-5-11-18/h2,4-5,10-11,17H,3,6-9,12-16H2,1H3. The van der Waals surface area contributed by atoms with Crippen LogP contribution in [0.5, 0.6) is 0 Å². The first-order chi connectivity index (χ1) is 13.7. The molecule has 1 atom stereocenters. The van der Waals surface area contributed by atoms with Crippen molar-refractivity contribution < 1.29 is 4.79 Å². The highest BCUT2D eigenvalue weighted by Gasteiger charge is 2.27. The maximum Gasteiger partial charge on any atom is 0.235 e. The number of likely N-dealkylation sites (tertiary alicyclic amines) is 2. The average Bonchev–Trinajstić information content (AvgIpc) is 3.39. The van der Waals surface area contributed by atoms with Gasteiger partial charge in [0.2, 0.25) is 5.91 Å². The Morgan fingerprint density at radius 1 is 1.00 bits per heavy atom. The molecule has 1 amide bonds. The Kier molecular flexibility index (Phi) is 6.32. The number of rotatable bonds is 6. The molecule has 0 spiro atoms. The second-order valence-electron chi connectivity index (χ2n) is 7.70. The summed E-state index contributed by atoms with van der Waals surface area (Å²) in [5.41, 5.74) is 1.06. The molecule has 0 bridgehead atoms. The van der Waals surface area contributed by atoms with Gasteiger partial charge in [0, 0.05) is 18.8 Å². The molecule has 0 N–H and O–H groups in total. The smallest absolute Gasteiger partial charge is 0.235 e. The summed E-state index contributed by atoms with van der Waals surface area (Å²) in [6.45, 7) is 6.79. The van der Waals surface area contributed by atoms with Crippen molar-refractivity contribution in [2.45, 2.75) is 56.0 Å². The molecule has 28 heavy (non-hydrogen) atoms. The van der Waals surface area contributed by atoms with E-state index >= 15 is 0 Å². The maximum atomic E-state index is 12.8. The summed E-state index contributed by atoms with van der Waals surface area (Å²) in [6.07, 6.45) is 6.05. The molecule has 3 heterocycles. The molecule has 1 aromatic heterocycles. The number of carbonyl (C=O) groups is 1. The zero-order valence-corrected chi connectivity index (χ0v) is 17.4. The minimum absolute atomic E-state index is 0.160. The third-order valence-electron chi connectivity index (χ3n) is 5.58. The lowest BCUT2D eigenvalue weighted by Gasteiger charge is -2.26. The Labute approximate surface area is 171 Å². The van der Waals surface area contributed by atoms with Gasteiger partial charge in [0.25, 0.3) is 0 Å². The molecule has 4 rings (SSSR count). The van der Waals surface area contributed by atoms with Crippen LogP contribution < -0.4 is 0 Å². The Hall–Kier alpha value is -1.86. The molecule has 0 aliphatic carbocycles. The molecule has 0 radical (unpaired) electrons. The number of amides is 1. The number of hydrogen-bond donors (Lipinski definition) is 0. The molecular formula is C21H29N5OS. The van der Waals surface area contributed by atoms with E-state index in [4.69, 9.17) is 0 Å². The minimum atomic E-state index is -0.160. The number of hydrogen-bond acceptors (Lipinski definition) is 5. The lowest BCUT2D eigenvalue weighted by atomic mass is 10.1. The number of carbonyl (C=O) groups excluding carboxylic acids is 1. The van der Waals surface area contributed by atoms with Crippen LogP contribution in [0.1, 0.15) is 44.9 Å². The molecule has 6 nitrogen and oxygen atoms in total. The zero-order valence-electron chi connectivity index (χ0n) is 16.6. The highest BCUT2D eigenvalue weighted by molar-refractivity contribution is 8.00. The monoisotopic (exact) mass is 399 g/mol. The topological polar surface area (TPSA) is 54.3 Å². The van der Waals surface area contributed by atoms with Crippen molar-refractivity contribution in [3.8, 4) is 5.69 Å². The van der Waals surface area contributed by atoms with Gasteiger partial charge in [0.15, 0.2) is 11.0 Å². The van der Waals surface area contributed by atoms with Crippen LogP contribution in [0.2, 0.25) is 0 Å². The van der Waals surface area contributed by atoms with Gasteiger partial charge < -0.3 is 4.90 Å². The van der Waals surface area contributed by atoms with Crippen LogP contribution >= 0.6 is 11.8 Å². The van der Waals surface area contributed by atoms with E-state index in [1.807, 2.05) is 30.0 Å². The fourth-order valence-corrected chi connectivity index (χ4v) is 5.01. The van der Waals surface area contributed by atoms with E-state index in [0.29, 0.717) is 0 Å². The van der Waals surface area contributed by atoms with E-state index in [9.17, 15) is 4.79 Å². The van der Waals surface area contributed by atoms with Gasteiger partial charge in [-0.25, -0.2) is 0 Å². The predicted octanol–water partition coefficient (Wildman–Crippen LogP) is 3.36. The minimum Gasteiger partial charge on any atom is -0.342 e. The Bertz CT molecular complexity index is 781. The lowest BCUT2D eigenvalue weighted by molar-refractivity contribution is -0.129. The lowest BCUT2D eigenvalue weighted by Crippen LogP contribution is -2.34. The number of benzene rings is 1. The quantitative estimate of drug-likeness (QED) is 0.697. The average molecular weight is 400 g/mol. The van der Waals surface area contributed by atoms with E-state index in [-0.39, 0.29) is 11.2 Å². The van der Waals surface area contributed by atoms with Crippen molar-refractivity contribution in [3.05, 3.63) is 36.2 Å². The zero-order chi connectivity index (χ0) is 19.3. The normalized spacial score (nSPS) is 19.1. The van der Waals surface area contributed by atoms with Crippen LogP contribution in [0.15, 0.2) is 35.5 Å². The number of para-hydroxylation sites is 1. The van der Waals surface area contributed by atoms with Crippen LogP contribution in [0, 0.1) is 0 Å². The molecule has 1 unspecified atom stereocenters. The van der Waals surface area contributed by atoms with Crippen LogP contribution in [-0.2, 0) is 11.3 Å². The summed E-state index contributed by atoms with van der Waals surface area (Å²) in [5, 5.41) is 9.65. The van der Waals surface area contributed by atoms with Crippen LogP contribution in [0.3, 0.4) is 0 Å². The third kappa shape index (κ3) is 4.41. The van der Waals surface area contributed by atoms with Crippen LogP contribution in [-0.4, -0.2) is 61.9 Å². The number of thioether (sulfide) groups is 1. The van der Waals surface area contributed by atoms with Crippen molar-refractivity contribution in [1.29, 1.82) is 0 Å². The summed E-state index contributed by atoms with van der Waals surface area (Å²) in [7, 11) is 0. The largest absolute Gasteiger partial charge is 0.342 e. The van der Waals surface area contributed by atoms with Gasteiger partial charge in [0.05, 0.1) is 11.8 Å². The first kappa shape index (κ1) is 19.5. The second kappa shape index (κ2) is 9.09. The number of aromatic nitrogens is 3. The predicted molar refractivity (Wildman–Crippen MR) is 112 cm³/mol. The first-order valence-electron chi connectivity index (χ1n) is 10.4. The maximum absolute atomic E-state index is 12.8. The number of nitrogens with zero attached hydrogens (tertiary/aromatic N) is 5. The summed E-state index contributed by atoms with van der Waals surface area (Å²) in [5.74, 6) is 1.17. The molecule has 7 heteroatoms. The van der Waals surface area contributed by atoms with E-state index in [0.717, 1.165) is 62.2 Å². The van der Waals surface area contributed by atoms with Gasteiger partial charge >= 0.3 is 0 Å².